The number of anilines is 1. The van der Waals surface area contributed by atoms with Gasteiger partial charge in [-0.3, -0.25) is 4.79 Å². The molecule has 21 heavy (non-hydrogen) atoms. The summed E-state index contributed by atoms with van der Waals surface area (Å²) in [6.45, 7) is 2.44. The smallest absolute Gasteiger partial charge is 0.275 e. The molecule has 108 valence electrons. The second-order valence-corrected chi connectivity index (χ2v) is 5.91. The van der Waals surface area contributed by atoms with Crippen molar-refractivity contribution in [3.8, 4) is 0 Å². The molecule has 0 aliphatic heterocycles. The minimum atomic E-state index is -0.160. The van der Waals surface area contributed by atoms with E-state index < -0.39 is 0 Å². The second kappa shape index (κ2) is 5.83. The van der Waals surface area contributed by atoms with E-state index in [9.17, 15) is 4.79 Å². The highest BCUT2D eigenvalue weighted by molar-refractivity contribution is 7.16. The maximum absolute atomic E-state index is 12.0. The Morgan fingerprint density at radius 1 is 1.38 bits per heavy atom. The van der Waals surface area contributed by atoms with Crippen LogP contribution in [-0.4, -0.2) is 14.6 Å². The van der Waals surface area contributed by atoms with Crippen molar-refractivity contribution in [2.45, 2.75) is 19.9 Å². The van der Waals surface area contributed by atoms with E-state index >= 15 is 0 Å². The third kappa shape index (κ3) is 2.91. The Balaban J connectivity index is 1.87. The predicted octanol–water partition coefficient (Wildman–Crippen LogP) is 2.98. The molecule has 3 rings (SSSR count). The Kier molecular flexibility index (Phi) is 3.90. The first kappa shape index (κ1) is 14.0. The molecular formula is C14H13ClN4OS. The maximum Gasteiger partial charge on any atom is 0.275 e. The number of fused-ring (bicyclic) bond motifs is 1. The number of hydrogen-bond acceptors (Lipinski definition) is 5. The average Bonchev–Trinajstić information content (AvgIpc) is 2.90. The summed E-state index contributed by atoms with van der Waals surface area (Å²) in [5, 5.41) is 8.95. The van der Waals surface area contributed by atoms with E-state index in [1.54, 1.807) is 0 Å². The van der Waals surface area contributed by atoms with Gasteiger partial charge in [-0.1, -0.05) is 42.0 Å². The molecule has 0 atom stereocenters. The fourth-order valence-corrected chi connectivity index (χ4v) is 2.98. The van der Waals surface area contributed by atoms with Crippen molar-refractivity contribution < 1.29 is 0 Å². The second-order valence-electron chi connectivity index (χ2n) is 4.46. The topological polar surface area (TPSA) is 59.3 Å². The summed E-state index contributed by atoms with van der Waals surface area (Å²) >= 11 is 7.52. The molecule has 3 aromatic rings. The molecular weight excluding hydrogens is 308 g/mol. The fourth-order valence-electron chi connectivity index (χ4n) is 1.92. The van der Waals surface area contributed by atoms with E-state index in [2.05, 4.69) is 15.4 Å². The molecule has 0 aliphatic rings. The lowest BCUT2D eigenvalue weighted by Gasteiger charge is -2.07. The lowest BCUT2D eigenvalue weighted by atomic mass is 10.3. The molecule has 1 N–H and O–H groups in total. The molecule has 7 heteroatoms. The zero-order chi connectivity index (χ0) is 14.8. The SMILES string of the molecule is CCc1nn2c(=O)cc(CNc3ccccc3Cl)nc2s1. The van der Waals surface area contributed by atoms with E-state index in [0.717, 1.165) is 17.1 Å². The Morgan fingerprint density at radius 3 is 2.95 bits per heavy atom. The Morgan fingerprint density at radius 2 is 2.19 bits per heavy atom. The van der Waals surface area contributed by atoms with Crippen molar-refractivity contribution in [3.63, 3.8) is 0 Å². The van der Waals surface area contributed by atoms with Crippen LogP contribution in [0.1, 0.15) is 17.6 Å². The average molecular weight is 321 g/mol. The summed E-state index contributed by atoms with van der Waals surface area (Å²) in [5.74, 6) is 0. The molecule has 0 fully saturated rings. The highest BCUT2D eigenvalue weighted by Gasteiger charge is 2.08. The number of halogens is 1. The van der Waals surface area contributed by atoms with Crippen LogP contribution in [0.25, 0.3) is 4.96 Å². The van der Waals surface area contributed by atoms with Gasteiger partial charge in [0.05, 0.1) is 22.9 Å². The van der Waals surface area contributed by atoms with Crippen molar-refractivity contribution in [1.29, 1.82) is 0 Å². The highest BCUT2D eigenvalue weighted by Crippen LogP contribution is 2.21. The number of benzene rings is 1. The van der Waals surface area contributed by atoms with Crippen LogP contribution in [0.4, 0.5) is 5.69 Å². The molecule has 0 aliphatic carbocycles. The molecule has 2 heterocycles. The first-order chi connectivity index (χ1) is 10.2. The Hall–Kier alpha value is -1.92. The minimum absolute atomic E-state index is 0.160. The molecule has 5 nitrogen and oxygen atoms in total. The lowest BCUT2D eigenvalue weighted by molar-refractivity contribution is 0.846. The summed E-state index contributed by atoms with van der Waals surface area (Å²) in [6, 6.07) is 8.96. The van der Waals surface area contributed by atoms with Gasteiger partial charge in [0, 0.05) is 6.07 Å². The standard InChI is InChI=1S/C14H13ClN4OS/c1-2-12-18-19-13(20)7-9(17-14(19)21-12)8-16-11-6-4-3-5-10(11)15/h3-7,16H,2,8H2,1H3. The molecule has 2 aromatic heterocycles. The number of hydrogen-bond donors (Lipinski definition) is 1. The van der Waals surface area contributed by atoms with E-state index in [1.165, 1.54) is 21.9 Å². The van der Waals surface area contributed by atoms with E-state index in [0.29, 0.717) is 22.2 Å². The molecule has 1 aromatic carbocycles. The molecule has 0 unspecified atom stereocenters. The Labute approximate surface area is 130 Å². The molecule has 0 amide bonds. The Bertz CT molecular complexity index is 842. The van der Waals surface area contributed by atoms with E-state index in [1.807, 2.05) is 31.2 Å². The summed E-state index contributed by atoms with van der Waals surface area (Å²) < 4.78 is 1.35. The van der Waals surface area contributed by atoms with Crippen molar-refractivity contribution in [2.24, 2.45) is 0 Å². The van der Waals surface area contributed by atoms with Crippen LogP contribution >= 0.6 is 22.9 Å². The summed E-state index contributed by atoms with van der Waals surface area (Å²) in [7, 11) is 0. The van der Waals surface area contributed by atoms with Gasteiger partial charge in [0.2, 0.25) is 4.96 Å². The number of nitrogens with one attached hydrogen (secondary N) is 1. The van der Waals surface area contributed by atoms with Crippen LogP contribution in [0, 0.1) is 0 Å². The maximum atomic E-state index is 12.0. The summed E-state index contributed by atoms with van der Waals surface area (Å²) in [5.41, 5.74) is 1.33. The van der Waals surface area contributed by atoms with Crippen molar-refractivity contribution in [2.75, 3.05) is 5.32 Å². The largest absolute Gasteiger partial charge is 0.378 e. The van der Waals surface area contributed by atoms with Gasteiger partial charge in [0.25, 0.3) is 5.56 Å². The highest BCUT2D eigenvalue weighted by atomic mass is 35.5. The zero-order valence-corrected chi connectivity index (χ0v) is 12.9. The first-order valence-electron chi connectivity index (χ1n) is 6.54. The molecule has 0 bridgehead atoms. The van der Waals surface area contributed by atoms with Crippen LogP contribution in [0.15, 0.2) is 35.1 Å². The third-order valence-corrected chi connectivity index (χ3v) is 4.36. The number of rotatable bonds is 4. The van der Waals surface area contributed by atoms with Crippen molar-refractivity contribution in [3.05, 3.63) is 56.4 Å². The quantitative estimate of drug-likeness (QED) is 0.803. The number of aromatic nitrogens is 3. The van der Waals surface area contributed by atoms with Crippen LogP contribution in [0.2, 0.25) is 5.02 Å². The number of aryl methyl sites for hydroxylation is 1. The van der Waals surface area contributed by atoms with Crippen molar-refractivity contribution in [1.82, 2.24) is 14.6 Å². The summed E-state index contributed by atoms with van der Waals surface area (Å²) in [6.07, 6.45) is 0.792. The zero-order valence-electron chi connectivity index (χ0n) is 11.3. The fraction of sp³-hybridized carbons (Fsp3) is 0.214. The van der Waals surface area contributed by atoms with Gasteiger partial charge in [-0.05, 0) is 18.6 Å². The normalized spacial score (nSPS) is 11.0. The van der Waals surface area contributed by atoms with Gasteiger partial charge in [-0.15, -0.1) is 0 Å². The monoisotopic (exact) mass is 320 g/mol. The molecule has 0 saturated carbocycles. The van der Waals surface area contributed by atoms with E-state index in [-0.39, 0.29) is 5.56 Å². The van der Waals surface area contributed by atoms with Crippen molar-refractivity contribution >= 4 is 33.6 Å². The van der Waals surface area contributed by atoms with Crippen LogP contribution in [0.5, 0.6) is 0 Å². The summed E-state index contributed by atoms with van der Waals surface area (Å²) in [4.78, 5) is 17.1. The van der Waals surface area contributed by atoms with Gasteiger partial charge in [0.1, 0.15) is 5.01 Å². The number of para-hydroxylation sites is 1. The van der Waals surface area contributed by atoms with E-state index in [4.69, 9.17) is 11.6 Å². The van der Waals surface area contributed by atoms with Crippen LogP contribution in [0.3, 0.4) is 0 Å². The first-order valence-corrected chi connectivity index (χ1v) is 7.74. The van der Waals surface area contributed by atoms with Gasteiger partial charge < -0.3 is 5.32 Å². The van der Waals surface area contributed by atoms with Gasteiger partial charge >= 0.3 is 0 Å². The van der Waals surface area contributed by atoms with Gasteiger partial charge in [-0.2, -0.15) is 9.61 Å². The van der Waals surface area contributed by atoms with Crippen LogP contribution < -0.4 is 10.9 Å². The van der Waals surface area contributed by atoms with Crippen LogP contribution in [-0.2, 0) is 13.0 Å². The molecule has 0 saturated heterocycles. The third-order valence-electron chi connectivity index (χ3n) is 2.98. The molecule has 0 spiro atoms. The predicted molar refractivity (Wildman–Crippen MR) is 85.3 cm³/mol. The number of nitrogens with zero attached hydrogens (tertiary/aromatic N) is 3. The van der Waals surface area contributed by atoms with Gasteiger partial charge in [0.15, 0.2) is 0 Å². The van der Waals surface area contributed by atoms with Gasteiger partial charge in [-0.25, -0.2) is 4.98 Å². The minimum Gasteiger partial charge on any atom is -0.378 e. The lowest BCUT2D eigenvalue weighted by Crippen LogP contribution is -2.16. The molecule has 0 radical (unpaired) electrons.